The molecule has 1 aliphatic rings. The quantitative estimate of drug-likeness (QED) is 0.356. The molecule has 3 aromatic rings. The van der Waals surface area contributed by atoms with Gasteiger partial charge in [0.05, 0.1) is 28.4 Å². The van der Waals surface area contributed by atoms with Gasteiger partial charge in [0.2, 0.25) is 0 Å². The zero-order chi connectivity index (χ0) is 21.1. The Kier molecular flexibility index (Phi) is 5.73. The number of morpholine rings is 1. The number of fused-ring (bicyclic) bond motifs is 1. The molecule has 30 heavy (non-hydrogen) atoms. The molecule has 0 aliphatic carbocycles. The zero-order valence-corrected chi connectivity index (χ0v) is 17.0. The summed E-state index contributed by atoms with van der Waals surface area (Å²) < 4.78 is 8.22. The van der Waals surface area contributed by atoms with Crippen LogP contribution in [-0.2, 0) is 11.3 Å². The fraction of sp³-hybridized carbons (Fsp3) is 0.238. The Balaban J connectivity index is 1.74. The van der Waals surface area contributed by atoms with Crippen LogP contribution in [0.5, 0.6) is 0 Å². The third-order valence-corrected chi connectivity index (χ3v) is 5.93. The van der Waals surface area contributed by atoms with E-state index in [0.29, 0.717) is 43.3 Å². The highest BCUT2D eigenvalue weighted by molar-refractivity contribution is 7.16. The van der Waals surface area contributed by atoms with E-state index in [1.54, 1.807) is 18.2 Å². The molecule has 0 unspecified atom stereocenters. The van der Waals surface area contributed by atoms with Gasteiger partial charge in [-0.15, -0.1) is 6.58 Å². The summed E-state index contributed by atoms with van der Waals surface area (Å²) in [6.07, 6.45) is 1.74. The maximum absolute atomic E-state index is 12.9. The molecule has 1 aromatic heterocycles. The summed E-state index contributed by atoms with van der Waals surface area (Å²) in [6, 6.07) is 12.3. The largest absolute Gasteiger partial charge is 0.378 e. The summed E-state index contributed by atoms with van der Waals surface area (Å²) in [5, 5.41) is 11.6. The fourth-order valence-electron chi connectivity index (χ4n) is 3.44. The van der Waals surface area contributed by atoms with Crippen LogP contribution >= 0.6 is 11.3 Å². The van der Waals surface area contributed by atoms with Crippen molar-refractivity contribution in [1.82, 2.24) is 4.57 Å². The van der Waals surface area contributed by atoms with Crippen LogP contribution in [0.1, 0.15) is 10.4 Å². The van der Waals surface area contributed by atoms with E-state index in [4.69, 9.17) is 4.74 Å². The minimum atomic E-state index is -0.518. The Hall–Kier alpha value is -3.30. The van der Waals surface area contributed by atoms with E-state index in [0.717, 1.165) is 10.2 Å². The van der Waals surface area contributed by atoms with Crippen molar-refractivity contribution in [1.29, 1.82) is 0 Å². The second-order valence-corrected chi connectivity index (χ2v) is 7.74. The number of nitrogens with zero attached hydrogens (tertiary/aromatic N) is 4. The molecule has 0 atom stereocenters. The van der Waals surface area contributed by atoms with E-state index in [1.807, 2.05) is 33.7 Å². The third-order valence-electron chi connectivity index (χ3n) is 4.87. The number of carbonyl (C=O) groups excluding carboxylic acids is 1. The maximum Gasteiger partial charge on any atom is 0.293 e. The van der Waals surface area contributed by atoms with Gasteiger partial charge in [-0.05, 0) is 24.3 Å². The molecule has 0 bridgehead atoms. The van der Waals surface area contributed by atoms with E-state index < -0.39 is 10.8 Å². The first-order valence-corrected chi connectivity index (χ1v) is 10.3. The summed E-state index contributed by atoms with van der Waals surface area (Å²) >= 11 is 1.39. The predicted octanol–water partition coefficient (Wildman–Crippen LogP) is 3.37. The lowest BCUT2D eigenvalue weighted by Gasteiger charge is -2.28. The number of thiazole rings is 1. The molecular formula is C21H20N4O4S. The van der Waals surface area contributed by atoms with E-state index in [9.17, 15) is 14.9 Å². The van der Waals surface area contributed by atoms with Crippen LogP contribution in [0.4, 0.5) is 11.4 Å². The van der Waals surface area contributed by atoms with Crippen molar-refractivity contribution < 1.29 is 14.5 Å². The molecule has 1 amide bonds. The SMILES string of the molecule is C=CCn1c(=NC(=O)c2ccc(N3CCOCC3)c([N+](=O)[O-])c2)sc2ccccc21. The Morgan fingerprint density at radius 1 is 1.27 bits per heavy atom. The molecule has 8 nitrogen and oxygen atoms in total. The molecule has 0 spiro atoms. The molecule has 0 saturated carbocycles. The predicted molar refractivity (Wildman–Crippen MR) is 116 cm³/mol. The number of anilines is 1. The number of benzene rings is 2. The Labute approximate surface area is 176 Å². The van der Waals surface area contributed by atoms with Crippen molar-refractivity contribution in [3.63, 3.8) is 0 Å². The van der Waals surface area contributed by atoms with Gasteiger partial charge in [-0.2, -0.15) is 4.99 Å². The van der Waals surface area contributed by atoms with Crippen molar-refractivity contribution >= 4 is 38.8 Å². The summed E-state index contributed by atoms with van der Waals surface area (Å²) in [5.41, 5.74) is 1.53. The molecule has 0 N–H and O–H groups in total. The van der Waals surface area contributed by atoms with Crippen molar-refractivity contribution in [3.05, 3.63) is 75.6 Å². The van der Waals surface area contributed by atoms with Crippen LogP contribution in [0, 0.1) is 10.1 Å². The van der Waals surface area contributed by atoms with Gasteiger partial charge in [-0.1, -0.05) is 29.5 Å². The molecule has 1 fully saturated rings. The maximum atomic E-state index is 12.9. The molecule has 0 radical (unpaired) electrons. The first-order chi connectivity index (χ1) is 14.6. The monoisotopic (exact) mass is 424 g/mol. The average molecular weight is 424 g/mol. The molecular weight excluding hydrogens is 404 g/mol. The van der Waals surface area contributed by atoms with Gasteiger partial charge >= 0.3 is 0 Å². The number of hydrogen-bond acceptors (Lipinski definition) is 6. The highest BCUT2D eigenvalue weighted by Crippen LogP contribution is 2.30. The molecule has 154 valence electrons. The minimum absolute atomic E-state index is 0.103. The Morgan fingerprint density at radius 2 is 2.03 bits per heavy atom. The first kappa shape index (κ1) is 20.0. The number of allylic oxidation sites excluding steroid dienone is 1. The van der Waals surface area contributed by atoms with Crippen LogP contribution in [0.3, 0.4) is 0 Å². The zero-order valence-electron chi connectivity index (χ0n) is 16.2. The fourth-order valence-corrected chi connectivity index (χ4v) is 4.48. The van der Waals surface area contributed by atoms with Gasteiger partial charge in [0.15, 0.2) is 4.80 Å². The number of carbonyl (C=O) groups is 1. The molecule has 2 aromatic carbocycles. The minimum Gasteiger partial charge on any atom is -0.378 e. The Bertz CT molecular complexity index is 1190. The van der Waals surface area contributed by atoms with Crippen LogP contribution in [0.2, 0.25) is 0 Å². The number of amides is 1. The summed E-state index contributed by atoms with van der Waals surface area (Å²) in [7, 11) is 0. The van der Waals surface area contributed by atoms with E-state index in [2.05, 4.69) is 11.6 Å². The van der Waals surface area contributed by atoms with Gasteiger partial charge < -0.3 is 14.2 Å². The first-order valence-electron chi connectivity index (χ1n) is 9.48. The van der Waals surface area contributed by atoms with E-state index >= 15 is 0 Å². The van der Waals surface area contributed by atoms with Gasteiger partial charge in [0.1, 0.15) is 5.69 Å². The molecule has 1 saturated heterocycles. The second kappa shape index (κ2) is 8.60. The molecule has 1 aliphatic heterocycles. The van der Waals surface area contributed by atoms with Crippen molar-refractivity contribution in [2.24, 2.45) is 4.99 Å². The second-order valence-electron chi connectivity index (χ2n) is 6.73. The summed E-state index contributed by atoms with van der Waals surface area (Å²) in [6.45, 7) is 6.46. The lowest BCUT2D eigenvalue weighted by molar-refractivity contribution is -0.384. The van der Waals surface area contributed by atoms with Crippen LogP contribution < -0.4 is 9.70 Å². The topological polar surface area (TPSA) is 90.0 Å². The van der Waals surface area contributed by atoms with Crippen molar-refractivity contribution in [2.45, 2.75) is 6.54 Å². The standard InChI is InChI=1S/C21H20N4O4S/c1-2-9-24-17-5-3-4-6-19(17)30-21(24)22-20(26)15-7-8-16(18(14-15)25(27)28)23-10-12-29-13-11-23/h2-8,14H,1,9-13H2. The number of nitro groups is 1. The number of rotatable bonds is 5. The summed E-state index contributed by atoms with van der Waals surface area (Å²) in [4.78, 5) is 30.7. The van der Waals surface area contributed by atoms with Crippen LogP contribution in [-0.4, -0.2) is 41.7 Å². The van der Waals surface area contributed by atoms with E-state index in [1.165, 1.54) is 17.4 Å². The number of hydrogen-bond donors (Lipinski definition) is 0. The molecule has 9 heteroatoms. The van der Waals surface area contributed by atoms with E-state index in [-0.39, 0.29) is 11.3 Å². The van der Waals surface area contributed by atoms with Crippen LogP contribution in [0.25, 0.3) is 10.2 Å². The highest BCUT2D eigenvalue weighted by atomic mass is 32.1. The highest BCUT2D eigenvalue weighted by Gasteiger charge is 2.23. The lowest BCUT2D eigenvalue weighted by Crippen LogP contribution is -2.36. The van der Waals surface area contributed by atoms with Gasteiger partial charge in [0.25, 0.3) is 11.6 Å². The number of ether oxygens (including phenoxy) is 1. The van der Waals surface area contributed by atoms with Gasteiger partial charge in [0, 0.05) is 31.3 Å². The van der Waals surface area contributed by atoms with Crippen molar-refractivity contribution in [3.8, 4) is 0 Å². The summed E-state index contributed by atoms with van der Waals surface area (Å²) in [5.74, 6) is -0.518. The van der Waals surface area contributed by atoms with Crippen LogP contribution in [0.15, 0.2) is 60.1 Å². The number of nitro benzene ring substituents is 1. The van der Waals surface area contributed by atoms with Gasteiger partial charge in [-0.3, -0.25) is 14.9 Å². The number of para-hydroxylation sites is 1. The van der Waals surface area contributed by atoms with Crippen molar-refractivity contribution in [2.75, 3.05) is 31.2 Å². The molecule has 4 rings (SSSR count). The Morgan fingerprint density at radius 3 is 2.77 bits per heavy atom. The average Bonchev–Trinajstić information content (AvgIpc) is 3.11. The van der Waals surface area contributed by atoms with Gasteiger partial charge in [-0.25, -0.2) is 0 Å². The lowest BCUT2D eigenvalue weighted by atomic mass is 10.1. The number of aromatic nitrogens is 1. The molecule has 2 heterocycles. The third kappa shape index (κ3) is 3.89. The normalized spacial score (nSPS) is 14.8. The smallest absolute Gasteiger partial charge is 0.293 e.